The van der Waals surface area contributed by atoms with Crippen LogP contribution in [0.4, 0.5) is 5.95 Å². The number of nitrogens with one attached hydrogen (secondary N) is 1. The summed E-state index contributed by atoms with van der Waals surface area (Å²) in [5.41, 5.74) is 0. The summed E-state index contributed by atoms with van der Waals surface area (Å²) in [6.07, 6.45) is 6.76. The van der Waals surface area contributed by atoms with E-state index in [1.54, 1.807) is 0 Å². The van der Waals surface area contributed by atoms with Gasteiger partial charge in [-0.15, -0.1) is 17.3 Å². The van der Waals surface area contributed by atoms with E-state index in [0.29, 0.717) is 12.4 Å². The molecule has 1 aromatic heterocycles. The first-order valence-electron chi connectivity index (χ1n) is 5.27. The lowest BCUT2D eigenvalue weighted by Crippen LogP contribution is -2.20. The quantitative estimate of drug-likeness (QED) is 0.746. The van der Waals surface area contributed by atoms with Gasteiger partial charge in [0.2, 0.25) is 5.95 Å². The lowest BCUT2D eigenvalue weighted by atomic mass is 10.2. The van der Waals surface area contributed by atoms with E-state index in [1.807, 2.05) is 6.92 Å². The molecule has 0 bridgehead atoms. The Bertz CT molecular complexity index is 381. The zero-order valence-electron chi connectivity index (χ0n) is 10.2. The Kier molecular flexibility index (Phi) is 5.01. The SMILES string of the molecule is C#CCC(CC)Nc1nc(OC)nc(OC)n1. The summed E-state index contributed by atoms with van der Waals surface area (Å²) in [5, 5.41) is 3.11. The number of hydrogen-bond acceptors (Lipinski definition) is 6. The van der Waals surface area contributed by atoms with Gasteiger partial charge in [0.15, 0.2) is 0 Å². The molecule has 0 spiro atoms. The molecule has 0 fully saturated rings. The highest BCUT2D eigenvalue weighted by atomic mass is 16.5. The Morgan fingerprint density at radius 2 is 1.82 bits per heavy atom. The molecule has 0 aliphatic carbocycles. The average molecular weight is 236 g/mol. The van der Waals surface area contributed by atoms with Crippen molar-refractivity contribution < 1.29 is 9.47 Å². The first-order chi connectivity index (χ1) is 8.23. The van der Waals surface area contributed by atoms with Crippen LogP contribution in [0.25, 0.3) is 0 Å². The monoisotopic (exact) mass is 236 g/mol. The normalized spacial score (nSPS) is 11.4. The van der Waals surface area contributed by atoms with Crippen LogP contribution in [0.15, 0.2) is 0 Å². The van der Waals surface area contributed by atoms with Crippen LogP contribution >= 0.6 is 0 Å². The van der Waals surface area contributed by atoms with Crippen molar-refractivity contribution >= 4 is 5.95 Å². The number of anilines is 1. The van der Waals surface area contributed by atoms with Crippen molar-refractivity contribution in [1.29, 1.82) is 0 Å². The Morgan fingerprint density at radius 3 is 2.24 bits per heavy atom. The van der Waals surface area contributed by atoms with Crippen molar-refractivity contribution in [3.8, 4) is 24.4 Å². The molecule has 1 atom stereocenters. The third kappa shape index (κ3) is 3.79. The Labute approximate surface area is 101 Å². The molecule has 92 valence electrons. The lowest BCUT2D eigenvalue weighted by Gasteiger charge is -2.14. The molecule has 1 N–H and O–H groups in total. The van der Waals surface area contributed by atoms with Gasteiger partial charge in [-0.2, -0.15) is 9.97 Å². The summed E-state index contributed by atoms with van der Waals surface area (Å²) in [7, 11) is 2.97. The Balaban J connectivity index is 2.85. The van der Waals surface area contributed by atoms with E-state index in [9.17, 15) is 0 Å². The summed E-state index contributed by atoms with van der Waals surface area (Å²) in [6.45, 7) is 2.03. The number of methoxy groups -OCH3 is 2. The zero-order valence-corrected chi connectivity index (χ0v) is 10.2. The fraction of sp³-hybridized carbons (Fsp3) is 0.545. The zero-order chi connectivity index (χ0) is 12.7. The molecule has 0 aliphatic rings. The van der Waals surface area contributed by atoms with E-state index < -0.39 is 0 Å². The van der Waals surface area contributed by atoms with Crippen LogP contribution in [-0.4, -0.2) is 35.2 Å². The second-order valence-electron chi connectivity index (χ2n) is 3.29. The van der Waals surface area contributed by atoms with Crippen molar-refractivity contribution in [2.24, 2.45) is 0 Å². The Morgan fingerprint density at radius 1 is 1.24 bits per heavy atom. The van der Waals surface area contributed by atoms with Gasteiger partial charge in [-0.1, -0.05) is 6.92 Å². The number of aromatic nitrogens is 3. The van der Waals surface area contributed by atoms with Gasteiger partial charge in [0.1, 0.15) is 0 Å². The molecule has 0 aromatic carbocycles. The maximum atomic E-state index is 5.28. The molecule has 0 saturated carbocycles. The van der Waals surface area contributed by atoms with Crippen LogP contribution in [0.5, 0.6) is 12.0 Å². The highest BCUT2D eigenvalue weighted by molar-refractivity contribution is 5.29. The fourth-order valence-electron chi connectivity index (χ4n) is 1.21. The highest BCUT2D eigenvalue weighted by Crippen LogP contribution is 2.14. The minimum Gasteiger partial charge on any atom is -0.467 e. The van der Waals surface area contributed by atoms with Gasteiger partial charge >= 0.3 is 12.0 Å². The van der Waals surface area contributed by atoms with Crippen LogP contribution in [0.3, 0.4) is 0 Å². The Hall–Kier alpha value is -2.03. The molecule has 6 nitrogen and oxygen atoms in total. The number of rotatable bonds is 6. The summed E-state index contributed by atoms with van der Waals surface area (Å²) in [4.78, 5) is 12.0. The molecule has 1 rings (SSSR count). The summed E-state index contributed by atoms with van der Waals surface area (Å²) >= 11 is 0. The molecule has 6 heteroatoms. The van der Waals surface area contributed by atoms with E-state index in [1.165, 1.54) is 14.2 Å². The van der Waals surface area contributed by atoms with Crippen LogP contribution in [0.2, 0.25) is 0 Å². The molecule has 1 heterocycles. The molecule has 0 amide bonds. The molecular formula is C11H16N4O2. The van der Waals surface area contributed by atoms with Crippen LogP contribution in [0.1, 0.15) is 19.8 Å². The predicted molar refractivity (Wildman–Crippen MR) is 64.1 cm³/mol. The molecule has 17 heavy (non-hydrogen) atoms. The highest BCUT2D eigenvalue weighted by Gasteiger charge is 2.10. The lowest BCUT2D eigenvalue weighted by molar-refractivity contribution is 0.341. The van der Waals surface area contributed by atoms with Crippen molar-refractivity contribution in [1.82, 2.24) is 15.0 Å². The van der Waals surface area contributed by atoms with Crippen molar-refractivity contribution in [2.75, 3.05) is 19.5 Å². The second kappa shape index (κ2) is 6.53. The third-order valence-corrected chi connectivity index (χ3v) is 2.15. The molecule has 1 aromatic rings. The van der Waals surface area contributed by atoms with Crippen molar-refractivity contribution in [3.05, 3.63) is 0 Å². The third-order valence-electron chi connectivity index (χ3n) is 2.15. The number of ether oxygens (including phenoxy) is 2. The van der Waals surface area contributed by atoms with Gasteiger partial charge in [0.25, 0.3) is 0 Å². The molecular weight excluding hydrogens is 220 g/mol. The average Bonchev–Trinajstić information content (AvgIpc) is 2.37. The van der Waals surface area contributed by atoms with Crippen LogP contribution < -0.4 is 14.8 Å². The molecule has 0 saturated heterocycles. The maximum Gasteiger partial charge on any atom is 0.324 e. The molecule has 1 unspecified atom stereocenters. The van der Waals surface area contributed by atoms with E-state index >= 15 is 0 Å². The van der Waals surface area contributed by atoms with Crippen molar-refractivity contribution in [2.45, 2.75) is 25.8 Å². The van der Waals surface area contributed by atoms with E-state index in [-0.39, 0.29) is 18.1 Å². The van der Waals surface area contributed by atoms with Gasteiger partial charge in [0.05, 0.1) is 14.2 Å². The second-order valence-corrected chi connectivity index (χ2v) is 3.29. The first kappa shape index (κ1) is 13.0. The smallest absolute Gasteiger partial charge is 0.324 e. The summed E-state index contributed by atoms with van der Waals surface area (Å²) in [6, 6.07) is 0.529. The first-order valence-corrected chi connectivity index (χ1v) is 5.27. The minimum atomic E-state index is 0.122. The van der Waals surface area contributed by atoms with E-state index in [2.05, 4.69) is 26.2 Å². The number of hydrogen-bond donors (Lipinski definition) is 1. The number of terminal acetylenes is 1. The van der Waals surface area contributed by atoms with Gasteiger partial charge in [0, 0.05) is 12.5 Å². The minimum absolute atomic E-state index is 0.122. The van der Waals surface area contributed by atoms with E-state index in [4.69, 9.17) is 15.9 Å². The summed E-state index contributed by atoms with van der Waals surface area (Å²) in [5.74, 6) is 3.00. The van der Waals surface area contributed by atoms with Gasteiger partial charge in [-0.25, -0.2) is 0 Å². The predicted octanol–water partition coefficient (Wildman–Crippen LogP) is 1.10. The van der Waals surface area contributed by atoms with Gasteiger partial charge in [-0.3, -0.25) is 0 Å². The number of nitrogens with zero attached hydrogens (tertiary/aromatic N) is 3. The van der Waals surface area contributed by atoms with Gasteiger partial charge < -0.3 is 14.8 Å². The van der Waals surface area contributed by atoms with Gasteiger partial charge in [-0.05, 0) is 6.42 Å². The molecule has 0 radical (unpaired) electrons. The standard InChI is InChI=1S/C11H16N4O2/c1-5-7-8(6-2)12-9-13-10(16-3)15-11(14-9)17-4/h1,8H,6-7H2,2-4H3,(H,12,13,14,15). The maximum absolute atomic E-state index is 5.28. The molecule has 0 aliphatic heterocycles. The van der Waals surface area contributed by atoms with Crippen molar-refractivity contribution in [3.63, 3.8) is 0 Å². The largest absolute Gasteiger partial charge is 0.467 e. The van der Waals surface area contributed by atoms with Crippen LogP contribution in [-0.2, 0) is 0 Å². The summed E-state index contributed by atoms with van der Waals surface area (Å²) < 4.78 is 9.90. The van der Waals surface area contributed by atoms with E-state index in [0.717, 1.165) is 6.42 Å². The topological polar surface area (TPSA) is 69.2 Å². The fourth-order valence-corrected chi connectivity index (χ4v) is 1.21. The van der Waals surface area contributed by atoms with Crippen LogP contribution in [0, 0.1) is 12.3 Å².